The predicted molar refractivity (Wildman–Crippen MR) is 79.9 cm³/mol. The van der Waals surface area contributed by atoms with Crippen molar-refractivity contribution in [2.24, 2.45) is 0 Å². The second-order valence-electron chi connectivity index (χ2n) is 4.39. The van der Waals surface area contributed by atoms with Crippen LogP contribution in [0.25, 0.3) is 11.0 Å². The molecule has 0 fully saturated rings. The molecule has 0 saturated heterocycles. The molecule has 0 saturated carbocycles. The molecule has 3 rings (SSSR count). The number of nitrogens with zero attached hydrogens (tertiary/aromatic N) is 1. The molecule has 1 heterocycles. The number of imidazole rings is 1. The first-order valence-corrected chi connectivity index (χ1v) is 7.67. The molecule has 6 nitrogen and oxygen atoms in total. The summed E-state index contributed by atoms with van der Waals surface area (Å²) in [5.74, 6) is 0.462. The van der Waals surface area contributed by atoms with Crippen LogP contribution in [-0.2, 0) is 10.0 Å². The van der Waals surface area contributed by atoms with Crippen LogP contribution in [0, 0.1) is 0 Å². The zero-order valence-electron chi connectivity index (χ0n) is 11.2. The summed E-state index contributed by atoms with van der Waals surface area (Å²) in [4.78, 5) is 7.11. The van der Waals surface area contributed by atoms with Crippen molar-refractivity contribution >= 4 is 26.7 Å². The van der Waals surface area contributed by atoms with Crippen molar-refractivity contribution < 1.29 is 13.2 Å². The Bertz CT molecular complexity index is 887. The monoisotopic (exact) mass is 303 g/mol. The van der Waals surface area contributed by atoms with E-state index in [0.717, 1.165) is 0 Å². The molecule has 0 aliphatic carbocycles. The first kappa shape index (κ1) is 13.4. The maximum absolute atomic E-state index is 12.4. The zero-order valence-corrected chi connectivity index (χ0v) is 12.0. The summed E-state index contributed by atoms with van der Waals surface area (Å²) in [7, 11) is -2.20. The van der Waals surface area contributed by atoms with Crippen LogP contribution in [0.5, 0.6) is 5.75 Å². The maximum Gasteiger partial charge on any atom is 0.262 e. The van der Waals surface area contributed by atoms with Crippen molar-refractivity contribution in [3.8, 4) is 5.75 Å². The highest BCUT2D eigenvalue weighted by Crippen LogP contribution is 2.26. The van der Waals surface area contributed by atoms with Gasteiger partial charge in [-0.3, -0.25) is 4.72 Å². The molecule has 108 valence electrons. The number of aromatic amines is 1. The summed E-state index contributed by atoms with van der Waals surface area (Å²) in [5, 5.41) is 0. The van der Waals surface area contributed by atoms with Crippen LogP contribution in [0.1, 0.15) is 0 Å². The molecule has 0 atom stereocenters. The molecule has 21 heavy (non-hydrogen) atoms. The molecule has 2 aromatic carbocycles. The van der Waals surface area contributed by atoms with Gasteiger partial charge in [0, 0.05) is 0 Å². The Kier molecular flexibility index (Phi) is 3.26. The lowest BCUT2D eigenvalue weighted by atomic mass is 10.3. The van der Waals surface area contributed by atoms with Gasteiger partial charge in [0.15, 0.2) is 0 Å². The molecule has 0 spiro atoms. The molecule has 0 bridgehead atoms. The third-order valence-electron chi connectivity index (χ3n) is 3.05. The number of sulfonamides is 1. The van der Waals surface area contributed by atoms with E-state index in [2.05, 4.69) is 14.7 Å². The summed E-state index contributed by atoms with van der Waals surface area (Å²) in [6.07, 6.45) is 1.52. The van der Waals surface area contributed by atoms with Gasteiger partial charge in [-0.2, -0.15) is 0 Å². The quantitative estimate of drug-likeness (QED) is 0.775. The van der Waals surface area contributed by atoms with Crippen molar-refractivity contribution in [3.05, 3.63) is 48.8 Å². The van der Waals surface area contributed by atoms with E-state index in [-0.39, 0.29) is 4.90 Å². The molecule has 0 unspecified atom stereocenters. The fourth-order valence-corrected chi connectivity index (χ4v) is 3.11. The number of hydrogen-bond acceptors (Lipinski definition) is 4. The van der Waals surface area contributed by atoms with E-state index in [0.29, 0.717) is 22.5 Å². The molecule has 3 aromatic rings. The van der Waals surface area contributed by atoms with Gasteiger partial charge >= 0.3 is 0 Å². The number of fused-ring (bicyclic) bond motifs is 1. The summed E-state index contributed by atoms with van der Waals surface area (Å²) in [6.45, 7) is 0. The number of H-pyrrole nitrogens is 1. The largest absolute Gasteiger partial charge is 0.495 e. The minimum absolute atomic E-state index is 0.158. The lowest BCUT2D eigenvalue weighted by Crippen LogP contribution is -2.13. The molecule has 7 heteroatoms. The Morgan fingerprint density at radius 2 is 2.00 bits per heavy atom. The van der Waals surface area contributed by atoms with E-state index in [9.17, 15) is 8.42 Å². The van der Waals surface area contributed by atoms with Crippen LogP contribution in [0.3, 0.4) is 0 Å². The Balaban J connectivity index is 1.99. The fourth-order valence-electron chi connectivity index (χ4n) is 2.01. The summed E-state index contributed by atoms with van der Waals surface area (Å²) in [5.41, 5.74) is 1.77. The van der Waals surface area contributed by atoms with E-state index < -0.39 is 10.0 Å². The number of benzene rings is 2. The number of rotatable bonds is 4. The smallest absolute Gasteiger partial charge is 0.262 e. The number of para-hydroxylation sites is 2. The maximum atomic E-state index is 12.4. The van der Waals surface area contributed by atoms with Gasteiger partial charge in [-0.1, -0.05) is 12.1 Å². The summed E-state index contributed by atoms with van der Waals surface area (Å²) in [6, 6.07) is 11.6. The second-order valence-corrected chi connectivity index (χ2v) is 6.07. The van der Waals surface area contributed by atoms with Gasteiger partial charge in [0.1, 0.15) is 5.75 Å². The molecule has 1 aromatic heterocycles. The van der Waals surface area contributed by atoms with Crippen LogP contribution in [-0.4, -0.2) is 25.5 Å². The van der Waals surface area contributed by atoms with E-state index in [4.69, 9.17) is 4.74 Å². The zero-order chi connectivity index (χ0) is 14.9. The van der Waals surface area contributed by atoms with Gasteiger partial charge in [-0.05, 0) is 30.3 Å². The first-order valence-electron chi connectivity index (χ1n) is 6.19. The third kappa shape index (κ3) is 2.55. The molecule has 0 radical (unpaired) electrons. The Morgan fingerprint density at radius 1 is 1.19 bits per heavy atom. The number of ether oxygens (including phenoxy) is 1. The standard InChI is InChI=1S/C14H13N3O3S/c1-20-14-5-3-2-4-12(14)17-21(18,19)10-6-7-11-13(8-10)16-9-15-11/h2-9,17H,1H3,(H,15,16). The minimum atomic E-state index is -3.69. The molecular formula is C14H13N3O3S. The normalized spacial score (nSPS) is 11.5. The SMILES string of the molecule is COc1ccccc1NS(=O)(=O)c1ccc2nc[nH]c2c1. The van der Waals surface area contributed by atoms with Crippen molar-refractivity contribution in [3.63, 3.8) is 0 Å². The van der Waals surface area contributed by atoms with Gasteiger partial charge < -0.3 is 9.72 Å². The van der Waals surface area contributed by atoms with Gasteiger partial charge in [0.2, 0.25) is 0 Å². The van der Waals surface area contributed by atoms with Gasteiger partial charge in [-0.15, -0.1) is 0 Å². The lowest BCUT2D eigenvalue weighted by molar-refractivity contribution is 0.417. The van der Waals surface area contributed by atoms with E-state index in [1.54, 1.807) is 36.4 Å². The van der Waals surface area contributed by atoms with Gasteiger partial charge in [-0.25, -0.2) is 13.4 Å². The number of hydrogen-bond donors (Lipinski definition) is 2. The predicted octanol–water partition coefficient (Wildman–Crippen LogP) is 2.37. The second kappa shape index (κ2) is 5.10. The lowest BCUT2D eigenvalue weighted by Gasteiger charge is -2.11. The Labute approximate surface area is 121 Å². The van der Waals surface area contributed by atoms with Crippen LogP contribution < -0.4 is 9.46 Å². The number of nitrogens with one attached hydrogen (secondary N) is 2. The summed E-state index contributed by atoms with van der Waals surface area (Å²) >= 11 is 0. The molecular weight excluding hydrogens is 290 g/mol. The first-order chi connectivity index (χ1) is 10.1. The minimum Gasteiger partial charge on any atom is -0.495 e. The third-order valence-corrected chi connectivity index (χ3v) is 4.42. The topological polar surface area (TPSA) is 84.1 Å². The van der Waals surface area contributed by atoms with E-state index in [1.807, 2.05) is 0 Å². The van der Waals surface area contributed by atoms with Crippen LogP contribution >= 0.6 is 0 Å². The molecule has 2 N–H and O–H groups in total. The fraction of sp³-hybridized carbons (Fsp3) is 0.0714. The highest BCUT2D eigenvalue weighted by molar-refractivity contribution is 7.92. The molecule has 0 aliphatic heterocycles. The van der Waals surface area contributed by atoms with E-state index >= 15 is 0 Å². The average Bonchev–Trinajstić information content (AvgIpc) is 2.95. The summed E-state index contributed by atoms with van der Waals surface area (Å²) < 4.78 is 32.5. The Morgan fingerprint density at radius 3 is 2.81 bits per heavy atom. The van der Waals surface area contributed by atoms with Crippen molar-refractivity contribution in [1.29, 1.82) is 0 Å². The van der Waals surface area contributed by atoms with Gasteiger partial charge in [0.25, 0.3) is 10.0 Å². The number of methoxy groups -OCH3 is 1. The highest BCUT2D eigenvalue weighted by Gasteiger charge is 2.17. The number of anilines is 1. The van der Waals surface area contributed by atoms with Crippen LogP contribution in [0.2, 0.25) is 0 Å². The van der Waals surface area contributed by atoms with Gasteiger partial charge in [0.05, 0.1) is 35.1 Å². The molecule has 0 amide bonds. The van der Waals surface area contributed by atoms with E-state index in [1.165, 1.54) is 19.5 Å². The average molecular weight is 303 g/mol. The Hall–Kier alpha value is -2.54. The highest BCUT2D eigenvalue weighted by atomic mass is 32.2. The number of aromatic nitrogens is 2. The van der Waals surface area contributed by atoms with Crippen LogP contribution in [0.4, 0.5) is 5.69 Å². The molecule has 0 aliphatic rings. The van der Waals surface area contributed by atoms with Crippen LogP contribution in [0.15, 0.2) is 53.7 Å². The van der Waals surface area contributed by atoms with Crippen molar-refractivity contribution in [2.75, 3.05) is 11.8 Å². The van der Waals surface area contributed by atoms with Crippen molar-refractivity contribution in [1.82, 2.24) is 9.97 Å². The van der Waals surface area contributed by atoms with Crippen molar-refractivity contribution in [2.45, 2.75) is 4.90 Å².